The number of rotatable bonds is 10. The predicted octanol–water partition coefficient (Wildman–Crippen LogP) is 2.47. The number of nitrogens with one attached hydrogen (secondary N) is 2. The Morgan fingerprint density at radius 2 is 1.88 bits per heavy atom. The molecule has 1 aromatic rings. The molecule has 142 valence electrons. The van der Waals surface area contributed by atoms with E-state index in [-0.39, 0.29) is 23.5 Å². The summed E-state index contributed by atoms with van der Waals surface area (Å²) in [5.74, 6) is 0.0690. The molecule has 0 fully saturated rings. The van der Waals surface area contributed by atoms with Crippen LogP contribution in [0.5, 0.6) is 0 Å². The van der Waals surface area contributed by atoms with Crippen LogP contribution in [0.25, 0.3) is 0 Å². The van der Waals surface area contributed by atoms with Gasteiger partial charge in [-0.15, -0.1) is 0 Å². The summed E-state index contributed by atoms with van der Waals surface area (Å²) in [6.07, 6.45) is 0.714. The molecule has 0 saturated heterocycles. The van der Waals surface area contributed by atoms with Crippen molar-refractivity contribution in [3.8, 4) is 0 Å². The maximum atomic E-state index is 12.4. The first kappa shape index (κ1) is 21.6. The van der Waals surface area contributed by atoms with E-state index in [1.807, 2.05) is 27.7 Å². The van der Waals surface area contributed by atoms with Crippen molar-refractivity contribution in [1.82, 2.24) is 10.0 Å². The Labute approximate surface area is 151 Å². The fourth-order valence-electron chi connectivity index (χ4n) is 2.09. The molecule has 2 N–H and O–H groups in total. The third-order valence-electron chi connectivity index (χ3n) is 3.50. The number of carbonyl (C=O) groups is 1. The summed E-state index contributed by atoms with van der Waals surface area (Å²) in [5.41, 5.74) is 1.12. The van der Waals surface area contributed by atoms with E-state index in [4.69, 9.17) is 4.74 Å². The number of carbonyl (C=O) groups excluding carboxylic acids is 1. The second kappa shape index (κ2) is 9.89. The molecule has 0 saturated carbocycles. The van der Waals surface area contributed by atoms with Crippen molar-refractivity contribution in [1.29, 1.82) is 0 Å². The van der Waals surface area contributed by atoms with Gasteiger partial charge in [0.15, 0.2) is 0 Å². The minimum atomic E-state index is -3.65. The molecule has 1 amide bonds. The molecule has 1 aromatic carbocycles. The van der Waals surface area contributed by atoms with Crippen LogP contribution in [0.15, 0.2) is 23.1 Å². The third kappa shape index (κ3) is 7.54. The van der Waals surface area contributed by atoms with Gasteiger partial charge in [-0.3, -0.25) is 4.79 Å². The van der Waals surface area contributed by atoms with Crippen LogP contribution in [0.2, 0.25) is 0 Å². The molecule has 0 spiro atoms. The van der Waals surface area contributed by atoms with E-state index < -0.39 is 10.0 Å². The molecule has 0 radical (unpaired) electrons. The molecule has 0 bridgehead atoms. The maximum absolute atomic E-state index is 12.4. The van der Waals surface area contributed by atoms with Gasteiger partial charge in [0.2, 0.25) is 10.0 Å². The van der Waals surface area contributed by atoms with Gasteiger partial charge in [0.05, 0.1) is 11.0 Å². The van der Waals surface area contributed by atoms with Crippen LogP contribution >= 0.6 is 0 Å². The quantitative estimate of drug-likeness (QED) is 0.620. The highest BCUT2D eigenvalue weighted by Crippen LogP contribution is 2.16. The Kier molecular flexibility index (Phi) is 8.55. The highest BCUT2D eigenvalue weighted by Gasteiger charge is 2.17. The number of hydrogen-bond acceptors (Lipinski definition) is 4. The normalized spacial score (nSPS) is 12.0. The fourth-order valence-corrected chi connectivity index (χ4v) is 3.19. The van der Waals surface area contributed by atoms with Crippen LogP contribution in [-0.4, -0.2) is 40.1 Å². The predicted molar refractivity (Wildman–Crippen MR) is 99.2 cm³/mol. The van der Waals surface area contributed by atoms with Crippen LogP contribution in [0, 0.1) is 12.8 Å². The topological polar surface area (TPSA) is 84.5 Å². The van der Waals surface area contributed by atoms with Gasteiger partial charge in [-0.25, -0.2) is 13.1 Å². The Balaban J connectivity index is 2.76. The molecule has 7 heteroatoms. The highest BCUT2D eigenvalue weighted by atomic mass is 32.2. The molecule has 25 heavy (non-hydrogen) atoms. The van der Waals surface area contributed by atoms with E-state index >= 15 is 0 Å². The maximum Gasteiger partial charge on any atom is 0.251 e. The van der Waals surface area contributed by atoms with E-state index in [1.165, 1.54) is 12.1 Å². The van der Waals surface area contributed by atoms with E-state index in [2.05, 4.69) is 10.0 Å². The lowest BCUT2D eigenvalue weighted by Gasteiger charge is -2.12. The minimum absolute atomic E-state index is 0.0950. The average Bonchev–Trinajstić information content (AvgIpc) is 2.52. The van der Waals surface area contributed by atoms with Crippen molar-refractivity contribution >= 4 is 15.9 Å². The zero-order valence-corrected chi connectivity index (χ0v) is 16.6. The molecule has 0 aromatic heterocycles. The first-order chi connectivity index (χ1) is 11.6. The van der Waals surface area contributed by atoms with Crippen LogP contribution < -0.4 is 10.0 Å². The van der Waals surface area contributed by atoms with E-state index in [9.17, 15) is 13.2 Å². The molecular weight excluding hydrogens is 340 g/mol. The van der Waals surface area contributed by atoms with E-state index in [1.54, 1.807) is 13.0 Å². The van der Waals surface area contributed by atoms with Crippen molar-refractivity contribution in [2.75, 3.05) is 19.7 Å². The van der Waals surface area contributed by atoms with Gasteiger partial charge in [0, 0.05) is 25.3 Å². The van der Waals surface area contributed by atoms with Gasteiger partial charge in [0.1, 0.15) is 0 Å². The molecule has 0 heterocycles. The van der Waals surface area contributed by atoms with E-state index in [0.717, 1.165) is 5.56 Å². The number of amides is 1. The molecule has 1 rings (SSSR count). The number of aryl methyl sites for hydroxylation is 1. The smallest absolute Gasteiger partial charge is 0.251 e. The molecule has 0 aliphatic heterocycles. The van der Waals surface area contributed by atoms with Gasteiger partial charge >= 0.3 is 0 Å². The van der Waals surface area contributed by atoms with Crippen molar-refractivity contribution in [3.05, 3.63) is 29.3 Å². The Bertz CT molecular complexity index is 670. The van der Waals surface area contributed by atoms with Gasteiger partial charge in [0.25, 0.3) is 5.91 Å². The van der Waals surface area contributed by atoms with Crippen LogP contribution in [0.4, 0.5) is 0 Å². The van der Waals surface area contributed by atoms with Crippen LogP contribution in [-0.2, 0) is 14.8 Å². The second-order valence-electron chi connectivity index (χ2n) is 6.75. The Morgan fingerprint density at radius 3 is 2.48 bits per heavy atom. The van der Waals surface area contributed by atoms with Gasteiger partial charge in [-0.1, -0.05) is 19.9 Å². The molecule has 0 aliphatic carbocycles. The zero-order valence-electron chi connectivity index (χ0n) is 15.8. The van der Waals surface area contributed by atoms with E-state index in [0.29, 0.717) is 31.1 Å². The number of hydrogen-bond donors (Lipinski definition) is 2. The van der Waals surface area contributed by atoms with Crippen molar-refractivity contribution < 1.29 is 17.9 Å². The first-order valence-corrected chi connectivity index (χ1v) is 10.1. The molecule has 0 unspecified atom stereocenters. The molecule has 0 atom stereocenters. The van der Waals surface area contributed by atoms with Crippen LogP contribution in [0.1, 0.15) is 50.0 Å². The summed E-state index contributed by atoms with van der Waals surface area (Å²) in [6, 6.07) is 4.60. The minimum Gasteiger partial charge on any atom is -0.379 e. The largest absolute Gasteiger partial charge is 0.379 e. The fraction of sp³-hybridized carbons (Fsp3) is 0.611. The standard InChI is InChI=1S/C18H30N2O4S/c1-13(2)12-19-18(21)17-11-16(8-7-15(17)5)25(22,23)20-9-6-10-24-14(3)4/h7-8,11,13-14,20H,6,9-10,12H2,1-5H3,(H,19,21). The summed E-state index contributed by atoms with van der Waals surface area (Å²) in [4.78, 5) is 12.4. The van der Waals surface area contributed by atoms with Gasteiger partial charge in [-0.05, 0) is 50.8 Å². The Morgan fingerprint density at radius 1 is 1.20 bits per heavy atom. The summed E-state index contributed by atoms with van der Waals surface area (Å²) >= 11 is 0. The molecular formula is C18H30N2O4S. The summed E-state index contributed by atoms with van der Waals surface area (Å²) in [6.45, 7) is 11.0. The average molecular weight is 371 g/mol. The van der Waals surface area contributed by atoms with Gasteiger partial charge < -0.3 is 10.1 Å². The first-order valence-electron chi connectivity index (χ1n) is 8.63. The van der Waals surface area contributed by atoms with Crippen LogP contribution in [0.3, 0.4) is 0 Å². The summed E-state index contributed by atoms with van der Waals surface area (Å²) in [5, 5.41) is 2.82. The lowest BCUT2D eigenvalue weighted by Crippen LogP contribution is -2.29. The highest BCUT2D eigenvalue weighted by molar-refractivity contribution is 7.89. The summed E-state index contributed by atoms with van der Waals surface area (Å²) < 4.78 is 32.7. The molecule has 6 nitrogen and oxygen atoms in total. The Hall–Kier alpha value is -1.44. The van der Waals surface area contributed by atoms with Crippen molar-refractivity contribution in [2.24, 2.45) is 5.92 Å². The second-order valence-corrected chi connectivity index (χ2v) is 8.52. The number of benzene rings is 1. The monoisotopic (exact) mass is 370 g/mol. The number of sulfonamides is 1. The third-order valence-corrected chi connectivity index (χ3v) is 4.96. The van der Waals surface area contributed by atoms with Gasteiger partial charge in [-0.2, -0.15) is 0 Å². The number of ether oxygens (including phenoxy) is 1. The van der Waals surface area contributed by atoms with Crippen molar-refractivity contribution in [2.45, 2.75) is 52.0 Å². The lowest BCUT2D eigenvalue weighted by molar-refractivity contribution is 0.0778. The molecule has 0 aliphatic rings. The lowest BCUT2D eigenvalue weighted by atomic mass is 10.1. The van der Waals surface area contributed by atoms with Crippen molar-refractivity contribution in [3.63, 3.8) is 0 Å². The zero-order chi connectivity index (χ0) is 19.0. The SMILES string of the molecule is Cc1ccc(S(=O)(=O)NCCCOC(C)C)cc1C(=O)NCC(C)C. The summed E-state index contributed by atoms with van der Waals surface area (Å²) in [7, 11) is -3.65.